The lowest BCUT2D eigenvalue weighted by molar-refractivity contribution is 0.0953. The van der Waals surface area contributed by atoms with E-state index in [4.69, 9.17) is 9.72 Å². The number of hydrogen-bond acceptors (Lipinski definition) is 3. The lowest BCUT2D eigenvalue weighted by Gasteiger charge is -2.19. The van der Waals surface area contributed by atoms with Gasteiger partial charge in [-0.2, -0.15) is 0 Å². The third kappa shape index (κ3) is 6.27. The maximum atomic E-state index is 13.1. The van der Waals surface area contributed by atoms with Crippen LogP contribution in [0.4, 0.5) is 4.39 Å². The van der Waals surface area contributed by atoms with E-state index in [2.05, 4.69) is 48.9 Å². The first-order chi connectivity index (χ1) is 16.8. The maximum Gasteiger partial charge on any atom is 0.251 e. The Morgan fingerprint density at radius 3 is 2.43 bits per heavy atom. The van der Waals surface area contributed by atoms with Crippen LogP contribution in [0.2, 0.25) is 0 Å². The van der Waals surface area contributed by atoms with Gasteiger partial charge in [0.25, 0.3) is 5.91 Å². The molecule has 0 bridgehead atoms. The van der Waals surface area contributed by atoms with Crippen molar-refractivity contribution in [1.29, 1.82) is 0 Å². The standard InChI is InChI=1S/C29H32FN3O2/c1-29(2,3)22-12-16-24(17-13-22)35-20-19-33-26-8-5-4-7-25(26)32-27(33)9-6-18-31-28(34)21-10-14-23(30)15-11-21/h4-5,7-8,10-17H,6,9,18-20H2,1-3H3,(H,31,34). The molecule has 4 rings (SSSR count). The fourth-order valence-corrected chi connectivity index (χ4v) is 4.02. The van der Waals surface area contributed by atoms with Crippen LogP contribution in [0.25, 0.3) is 11.0 Å². The van der Waals surface area contributed by atoms with Gasteiger partial charge in [0.2, 0.25) is 0 Å². The maximum absolute atomic E-state index is 13.1. The summed E-state index contributed by atoms with van der Waals surface area (Å²) >= 11 is 0. The summed E-state index contributed by atoms with van der Waals surface area (Å²) in [6, 6.07) is 21.9. The van der Waals surface area contributed by atoms with Crippen molar-refractivity contribution in [2.75, 3.05) is 13.2 Å². The number of imidazole rings is 1. The van der Waals surface area contributed by atoms with E-state index in [-0.39, 0.29) is 17.1 Å². The van der Waals surface area contributed by atoms with E-state index in [1.807, 2.05) is 30.3 Å². The highest BCUT2D eigenvalue weighted by Gasteiger charge is 2.14. The van der Waals surface area contributed by atoms with Crippen molar-refractivity contribution in [3.05, 3.63) is 95.6 Å². The molecule has 1 N–H and O–H groups in total. The Morgan fingerprint density at radius 2 is 1.71 bits per heavy atom. The lowest BCUT2D eigenvalue weighted by Crippen LogP contribution is -2.25. The predicted octanol–water partition coefficient (Wildman–Crippen LogP) is 5.91. The van der Waals surface area contributed by atoms with Gasteiger partial charge < -0.3 is 14.6 Å². The molecule has 1 heterocycles. The normalized spacial score (nSPS) is 11.5. The number of carbonyl (C=O) groups is 1. The predicted molar refractivity (Wildman–Crippen MR) is 137 cm³/mol. The Kier molecular flexibility index (Phi) is 7.49. The monoisotopic (exact) mass is 473 g/mol. The number of nitrogens with zero attached hydrogens (tertiary/aromatic N) is 2. The van der Waals surface area contributed by atoms with Crippen molar-refractivity contribution in [3.8, 4) is 5.75 Å². The van der Waals surface area contributed by atoms with Gasteiger partial charge in [-0.3, -0.25) is 4.79 Å². The summed E-state index contributed by atoms with van der Waals surface area (Å²) in [5, 5.41) is 2.90. The molecule has 4 aromatic rings. The SMILES string of the molecule is CC(C)(C)c1ccc(OCCn2c(CCCNC(=O)c3ccc(F)cc3)nc3ccccc32)cc1. The van der Waals surface area contributed by atoms with Gasteiger partial charge in [0.1, 0.15) is 24.0 Å². The molecule has 6 heteroatoms. The molecule has 5 nitrogen and oxygen atoms in total. The number of aromatic nitrogens is 2. The smallest absolute Gasteiger partial charge is 0.251 e. The topological polar surface area (TPSA) is 56.1 Å². The fraction of sp³-hybridized carbons (Fsp3) is 0.310. The Balaban J connectivity index is 1.35. The molecule has 0 aliphatic carbocycles. The summed E-state index contributed by atoms with van der Waals surface area (Å²) in [5.41, 5.74) is 3.87. The van der Waals surface area contributed by atoms with Crippen molar-refractivity contribution < 1.29 is 13.9 Å². The fourth-order valence-electron chi connectivity index (χ4n) is 4.02. The summed E-state index contributed by atoms with van der Waals surface area (Å²) in [6.45, 7) is 8.31. The molecule has 0 saturated heterocycles. The first-order valence-electron chi connectivity index (χ1n) is 12.0. The highest BCUT2D eigenvalue weighted by Crippen LogP contribution is 2.24. The van der Waals surface area contributed by atoms with Gasteiger partial charge in [0.05, 0.1) is 17.6 Å². The number of benzene rings is 3. The van der Waals surface area contributed by atoms with Crippen LogP contribution in [0.3, 0.4) is 0 Å². The number of carbonyl (C=O) groups excluding carboxylic acids is 1. The molecule has 1 amide bonds. The number of ether oxygens (including phenoxy) is 1. The van der Waals surface area contributed by atoms with Crippen molar-refractivity contribution >= 4 is 16.9 Å². The summed E-state index contributed by atoms with van der Waals surface area (Å²) in [6.07, 6.45) is 1.46. The highest BCUT2D eigenvalue weighted by molar-refractivity contribution is 5.94. The summed E-state index contributed by atoms with van der Waals surface area (Å²) in [5.74, 6) is 1.26. The minimum atomic E-state index is -0.355. The average Bonchev–Trinajstić information content (AvgIpc) is 3.19. The first-order valence-corrected chi connectivity index (χ1v) is 12.0. The van der Waals surface area contributed by atoms with Crippen molar-refractivity contribution in [3.63, 3.8) is 0 Å². The molecule has 0 aliphatic heterocycles. The van der Waals surface area contributed by atoms with E-state index in [0.717, 1.165) is 35.4 Å². The molecular weight excluding hydrogens is 441 g/mol. The van der Waals surface area contributed by atoms with Crippen LogP contribution in [0.5, 0.6) is 5.75 Å². The zero-order valence-corrected chi connectivity index (χ0v) is 20.6. The molecule has 35 heavy (non-hydrogen) atoms. The van der Waals surface area contributed by atoms with E-state index in [9.17, 15) is 9.18 Å². The lowest BCUT2D eigenvalue weighted by atomic mass is 9.87. The van der Waals surface area contributed by atoms with Gasteiger partial charge >= 0.3 is 0 Å². The molecule has 3 aromatic carbocycles. The van der Waals surface area contributed by atoms with Crippen LogP contribution < -0.4 is 10.1 Å². The second-order valence-electron chi connectivity index (χ2n) is 9.66. The molecule has 0 atom stereocenters. The van der Waals surface area contributed by atoms with Crippen LogP contribution in [-0.4, -0.2) is 28.6 Å². The number of hydrogen-bond donors (Lipinski definition) is 1. The van der Waals surface area contributed by atoms with Gasteiger partial charge in [-0.15, -0.1) is 0 Å². The number of halogens is 1. The minimum absolute atomic E-state index is 0.113. The molecule has 182 valence electrons. The van der Waals surface area contributed by atoms with E-state index < -0.39 is 0 Å². The number of para-hydroxylation sites is 2. The quantitative estimate of drug-likeness (QED) is 0.307. The van der Waals surface area contributed by atoms with Gasteiger partial charge in [-0.05, 0) is 65.9 Å². The van der Waals surface area contributed by atoms with Gasteiger partial charge in [-0.25, -0.2) is 9.37 Å². The Hall–Kier alpha value is -3.67. The largest absolute Gasteiger partial charge is 0.492 e. The molecule has 0 radical (unpaired) electrons. The number of rotatable bonds is 9. The van der Waals surface area contributed by atoms with E-state index in [1.54, 1.807) is 0 Å². The van der Waals surface area contributed by atoms with Crippen molar-refractivity contribution in [2.24, 2.45) is 0 Å². The van der Waals surface area contributed by atoms with Crippen LogP contribution in [0, 0.1) is 5.82 Å². The first kappa shape index (κ1) is 24.5. The van der Waals surface area contributed by atoms with Gasteiger partial charge in [0, 0.05) is 18.5 Å². The molecule has 0 aliphatic rings. The van der Waals surface area contributed by atoms with Gasteiger partial charge in [-0.1, -0.05) is 45.0 Å². The highest BCUT2D eigenvalue weighted by atomic mass is 19.1. The molecule has 0 unspecified atom stereocenters. The van der Waals surface area contributed by atoms with E-state index in [0.29, 0.717) is 25.3 Å². The zero-order valence-electron chi connectivity index (χ0n) is 20.6. The van der Waals surface area contributed by atoms with Crippen molar-refractivity contribution in [2.45, 2.75) is 45.6 Å². The molecule has 1 aromatic heterocycles. The van der Waals surface area contributed by atoms with Crippen molar-refractivity contribution in [1.82, 2.24) is 14.9 Å². The summed E-state index contributed by atoms with van der Waals surface area (Å²) in [7, 11) is 0. The molecule has 0 fully saturated rings. The third-order valence-corrected chi connectivity index (χ3v) is 6.01. The molecule has 0 spiro atoms. The molecule has 0 saturated carbocycles. The summed E-state index contributed by atoms with van der Waals surface area (Å²) < 4.78 is 21.3. The number of fused-ring (bicyclic) bond motifs is 1. The number of amides is 1. The Labute approximate surface area is 206 Å². The van der Waals surface area contributed by atoms with E-state index >= 15 is 0 Å². The van der Waals surface area contributed by atoms with Crippen LogP contribution in [-0.2, 0) is 18.4 Å². The third-order valence-electron chi connectivity index (χ3n) is 6.01. The number of nitrogens with one attached hydrogen (secondary N) is 1. The zero-order chi connectivity index (χ0) is 24.8. The van der Waals surface area contributed by atoms with Gasteiger partial charge in [0.15, 0.2) is 0 Å². The Bertz CT molecular complexity index is 1270. The second kappa shape index (κ2) is 10.7. The van der Waals surface area contributed by atoms with Crippen LogP contribution in [0.1, 0.15) is 48.9 Å². The van der Waals surface area contributed by atoms with E-state index in [1.165, 1.54) is 29.8 Å². The van der Waals surface area contributed by atoms with Crippen LogP contribution >= 0.6 is 0 Å². The Morgan fingerprint density at radius 1 is 1.00 bits per heavy atom. The molecular formula is C29H32FN3O2. The second-order valence-corrected chi connectivity index (χ2v) is 9.66. The minimum Gasteiger partial charge on any atom is -0.492 e. The van der Waals surface area contributed by atoms with Crippen LogP contribution in [0.15, 0.2) is 72.8 Å². The average molecular weight is 474 g/mol. The number of aryl methyl sites for hydroxylation is 1. The summed E-state index contributed by atoms with van der Waals surface area (Å²) in [4.78, 5) is 17.1.